The lowest BCUT2D eigenvalue weighted by Gasteiger charge is -2.20. The van der Waals surface area contributed by atoms with Gasteiger partial charge in [0.25, 0.3) is 0 Å². The van der Waals surface area contributed by atoms with Gasteiger partial charge in [0, 0.05) is 20.3 Å². The van der Waals surface area contributed by atoms with Gasteiger partial charge in [-0.15, -0.1) is 0 Å². The van der Waals surface area contributed by atoms with Crippen molar-refractivity contribution >= 4 is 24.1 Å². The summed E-state index contributed by atoms with van der Waals surface area (Å²) in [5.41, 5.74) is 3.20. The molecule has 0 fully saturated rings. The van der Waals surface area contributed by atoms with Crippen molar-refractivity contribution in [2.45, 2.75) is 13.8 Å². The first-order valence-electron chi connectivity index (χ1n) is 8.96. The smallest absolute Gasteiger partial charge is 0.182 e. The summed E-state index contributed by atoms with van der Waals surface area (Å²) in [6.07, 6.45) is 3.32. The summed E-state index contributed by atoms with van der Waals surface area (Å²) in [7, 11) is -1.04. The van der Waals surface area contributed by atoms with Crippen LogP contribution in [-0.4, -0.2) is 9.55 Å². The number of hydrogen-bond donors (Lipinski definition) is 0. The van der Waals surface area contributed by atoms with Crippen LogP contribution in [0.2, 0.25) is 0 Å². The maximum absolute atomic E-state index is 14.5. The average Bonchev–Trinajstić information content (AvgIpc) is 3.16. The lowest BCUT2D eigenvalue weighted by molar-refractivity contribution is 0.505. The van der Waals surface area contributed by atoms with Crippen LogP contribution in [0.3, 0.4) is 0 Å². The van der Waals surface area contributed by atoms with Crippen LogP contribution < -0.4 is 16.2 Å². The Morgan fingerprint density at radius 3 is 1.93 bits per heavy atom. The molecule has 1 heterocycles. The maximum Gasteiger partial charge on any atom is 0.182 e. The molecular formula is C23H19F2N2P. The minimum absolute atomic E-state index is 0.166. The van der Waals surface area contributed by atoms with E-state index in [1.165, 1.54) is 17.2 Å². The van der Waals surface area contributed by atoms with Crippen molar-refractivity contribution in [3.05, 3.63) is 102 Å². The summed E-state index contributed by atoms with van der Waals surface area (Å²) < 4.78 is 30.0. The second-order valence-corrected chi connectivity index (χ2v) is 8.78. The molecule has 0 unspecified atom stereocenters. The van der Waals surface area contributed by atoms with Gasteiger partial charge in [0.2, 0.25) is 0 Å². The first-order chi connectivity index (χ1) is 13.5. The Labute approximate surface area is 164 Å². The lowest BCUT2D eigenvalue weighted by Crippen LogP contribution is -2.27. The molecule has 0 spiro atoms. The van der Waals surface area contributed by atoms with Crippen LogP contribution in [0.1, 0.15) is 11.1 Å². The number of rotatable bonds is 4. The van der Waals surface area contributed by atoms with E-state index in [0.717, 1.165) is 16.7 Å². The highest BCUT2D eigenvalue weighted by atomic mass is 31.1. The molecule has 4 aromatic rings. The van der Waals surface area contributed by atoms with E-state index in [4.69, 9.17) is 0 Å². The molecule has 0 aliphatic carbocycles. The average molecular weight is 392 g/mol. The molecule has 0 bridgehead atoms. The monoisotopic (exact) mass is 392 g/mol. The number of halogens is 2. The highest BCUT2D eigenvalue weighted by Crippen LogP contribution is 2.33. The fraction of sp³-hybridized carbons (Fsp3) is 0.0870. The third kappa shape index (κ3) is 3.48. The van der Waals surface area contributed by atoms with Gasteiger partial charge >= 0.3 is 0 Å². The van der Waals surface area contributed by atoms with E-state index in [1.807, 2.05) is 13.8 Å². The summed E-state index contributed by atoms with van der Waals surface area (Å²) in [4.78, 5) is 4.56. The van der Waals surface area contributed by atoms with Gasteiger partial charge in [0.05, 0.1) is 5.69 Å². The minimum Gasteiger partial charge on any atom is -0.297 e. The van der Waals surface area contributed by atoms with E-state index in [9.17, 15) is 8.78 Å². The second kappa shape index (κ2) is 7.65. The third-order valence-corrected chi connectivity index (χ3v) is 6.96. The molecule has 5 heteroatoms. The second-order valence-electron chi connectivity index (χ2n) is 6.68. The molecule has 0 atom stereocenters. The Bertz CT molecular complexity index is 1060. The number of aromatic nitrogens is 2. The highest BCUT2D eigenvalue weighted by Gasteiger charge is 2.23. The van der Waals surface area contributed by atoms with Gasteiger partial charge in [0.1, 0.15) is 5.57 Å². The van der Waals surface area contributed by atoms with Crippen molar-refractivity contribution in [3.8, 4) is 5.69 Å². The van der Waals surface area contributed by atoms with Crippen LogP contribution in [0.4, 0.5) is 8.78 Å². The Morgan fingerprint density at radius 1 is 0.786 bits per heavy atom. The quantitative estimate of drug-likeness (QED) is 0.467. The van der Waals surface area contributed by atoms with Gasteiger partial charge in [-0.1, -0.05) is 65.7 Å². The Balaban J connectivity index is 1.91. The Hall–Kier alpha value is -2.84. The van der Waals surface area contributed by atoms with Crippen molar-refractivity contribution in [3.63, 3.8) is 0 Å². The summed E-state index contributed by atoms with van der Waals surface area (Å²) in [6.45, 7) is 4.09. The van der Waals surface area contributed by atoms with Gasteiger partial charge in [0.15, 0.2) is 11.6 Å². The summed E-state index contributed by atoms with van der Waals surface area (Å²) in [6, 6.07) is 20.8. The molecule has 3 aromatic carbocycles. The standard InChI is InChI=1S/C23H19F2N2P/c1-16-6-10-18(11-7-16)28(19-12-8-17(2)9-13-19)23-26-14-15-27(23)21-5-3-4-20(24)22(21)25/h3-15H,1-2H3. The van der Waals surface area contributed by atoms with Crippen molar-refractivity contribution in [2.75, 3.05) is 0 Å². The highest BCUT2D eigenvalue weighted by molar-refractivity contribution is 7.79. The van der Waals surface area contributed by atoms with Crippen molar-refractivity contribution < 1.29 is 8.78 Å². The van der Waals surface area contributed by atoms with Crippen LogP contribution in [0.15, 0.2) is 79.1 Å². The molecule has 1 aromatic heterocycles. The third-order valence-electron chi connectivity index (χ3n) is 4.60. The molecule has 140 valence electrons. The van der Waals surface area contributed by atoms with E-state index in [2.05, 4.69) is 53.5 Å². The Kier molecular flexibility index (Phi) is 5.06. The molecule has 0 radical (unpaired) electrons. The van der Waals surface area contributed by atoms with Crippen molar-refractivity contribution in [1.29, 1.82) is 0 Å². The first-order valence-corrected chi connectivity index (χ1v) is 10.3. The molecule has 0 aliphatic heterocycles. The number of hydrogen-bond acceptors (Lipinski definition) is 1. The first kappa shape index (κ1) is 18.5. The zero-order valence-electron chi connectivity index (χ0n) is 15.6. The maximum atomic E-state index is 14.5. The van der Waals surface area contributed by atoms with Gasteiger partial charge in [-0.25, -0.2) is 13.8 Å². The fourth-order valence-corrected chi connectivity index (χ4v) is 5.32. The van der Waals surface area contributed by atoms with Crippen molar-refractivity contribution in [2.24, 2.45) is 0 Å². The predicted octanol–water partition coefficient (Wildman–Crippen LogP) is 4.53. The number of nitrogens with zero attached hydrogens (tertiary/aromatic N) is 2. The van der Waals surface area contributed by atoms with E-state index >= 15 is 0 Å². The topological polar surface area (TPSA) is 17.8 Å². The van der Waals surface area contributed by atoms with E-state index in [-0.39, 0.29) is 5.69 Å². The molecule has 0 saturated carbocycles. The normalized spacial score (nSPS) is 11.2. The summed E-state index contributed by atoms with van der Waals surface area (Å²) >= 11 is 0. The van der Waals surface area contributed by atoms with Crippen LogP contribution >= 0.6 is 7.92 Å². The van der Waals surface area contributed by atoms with E-state index in [0.29, 0.717) is 5.57 Å². The minimum atomic E-state index is -1.04. The SMILES string of the molecule is Cc1ccc(P(c2ccc(C)cc2)c2nccn2-c2cccc(F)c2F)cc1. The van der Waals surface area contributed by atoms with E-state index < -0.39 is 19.6 Å². The van der Waals surface area contributed by atoms with Gasteiger partial charge in [-0.3, -0.25) is 4.57 Å². The number of aryl methyl sites for hydroxylation is 2. The predicted molar refractivity (Wildman–Crippen MR) is 112 cm³/mol. The zero-order valence-corrected chi connectivity index (χ0v) is 16.5. The van der Waals surface area contributed by atoms with Crippen molar-refractivity contribution in [1.82, 2.24) is 9.55 Å². The van der Waals surface area contributed by atoms with Crippen LogP contribution in [0.5, 0.6) is 0 Å². The molecule has 28 heavy (non-hydrogen) atoms. The van der Waals surface area contributed by atoms with Crippen LogP contribution in [0, 0.1) is 25.5 Å². The molecule has 0 N–H and O–H groups in total. The lowest BCUT2D eigenvalue weighted by atomic mass is 10.2. The zero-order chi connectivity index (χ0) is 19.7. The largest absolute Gasteiger partial charge is 0.297 e. The summed E-state index contributed by atoms with van der Waals surface area (Å²) in [5.74, 6) is -1.74. The summed E-state index contributed by atoms with van der Waals surface area (Å²) in [5, 5.41) is 2.21. The molecular weight excluding hydrogens is 373 g/mol. The van der Waals surface area contributed by atoms with Crippen LogP contribution in [-0.2, 0) is 0 Å². The van der Waals surface area contributed by atoms with E-state index in [1.54, 1.807) is 23.0 Å². The molecule has 2 nitrogen and oxygen atoms in total. The molecule has 4 rings (SSSR count). The fourth-order valence-electron chi connectivity index (χ4n) is 3.10. The molecule has 0 aliphatic rings. The van der Waals surface area contributed by atoms with Gasteiger partial charge in [-0.05, 0) is 36.6 Å². The molecule has 0 amide bonds. The van der Waals surface area contributed by atoms with Gasteiger partial charge < -0.3 is 0 Å². The molecule has 0 saturated heterocycles. The number of imidazole rings is 1. The van der Waals surface area contributed by atoms with Gasteiger partial charge in [-0.2, -0.15) is 0 Å². The Morgan fingerprint density at radius 2 is 1.36 bits per heavy atom. The van der Waals surface area contributed by atoms with Crippen LogP contribution in [0.25, 0.3) is 5.69 Å². The number of benzene rings is 3.